The highest BCUT2D eigenvalue weighted by molar-refractivity contribution is 5.87. The molecule has 15 N–H and O–H groups in total. The molecule has 6 saturated carbocycles. The molecular formula is C62H89N7O13. The highest BCUT2D eigenvalue weighted by atomic mass is 16.7. The summed E-state index contributed by atoms with van der Waals surface area (Å²) in [6.45, 7) is 8.44. The number of fused-ring (bicyclic) bond motifs is 8. The maximum Gasteiger partial charge on any atom is 0.310 e. The highest BCUT2D eigenvalue weighted by Gasteiger charge is 2.80. The molecule has 8 aliphatic carbocycles. The SMILES string of the molecule is C[C@]1(CO)CC[C@]2(C(=O)O)[C@@H]3CNc4nc[nH]c4C[C@@H]3[C@]3(C)C(=C[C@@H]4C#C[C@@H]5CCC[C@@]56C(=O)N[C@@H]([C@@H](c5cnc[nH]5)[C@H](O)C[C@@H](N)O)[C@H]6C[C@H]5[C@@H](O)[C@@H](O[C@@H]6OC[C@@H](O)[C@H](O)[C@H]6O)[C@@](C)(CO)[C@H]6CC[C@]3(C)[C@H]4[C@]65C3CCCC3)[C@@H]2C1. The van der Waals surface area contributed by atoms with Gasteiger partial charge >= 0.3 is 5.97 Å². The minimum atomic E-state index is -1.70. The van der Waals surface area contributed by atoms with Crippen LogP contribution in [0.1, 0.15) is 135 Å². The van der Waals surface area contributed by atoms with E-state index < -0.39 is 147 Å². The number of aliphatic hydroxyl groups excluding tert-OH is 8. The lowest BCUT2D eigenvalue weighted by Gasteiger charge is -2.78. The smallest absolute Gasteiger partial charge is 0.310 e. The van der Waals surface area contributed by atoms with Crippen molar-refractivity contribution < 1.29 is 65.0 Å². The summed E-state index contributed by atoms with van der Waals surface area (Å²) in [7, 11) is 0. The number of imidazole rings is 2. The van der Waals surface area contributed by atoms with Crippen molar-refractivity contribution in [3.8, 4) is 11.8 Å². The number of carbonyl (C=O) groups is 2. The summed E-state index contributed by atoms with van der Waals surface area (Å²) in [6.07, 6.45) is 4.17. The van der Waals surface area contributed by atoms with Gasteiger partial charge in [0.25, 0.3) is 0 Å². The minimum Gasteiger partial charge on any atom is -0.481 e. The number of aliphatic hydroxyl groups is 8. The molecule has 1 amide bonds. The number of nitrogens with two attached hydrogens (primary N) is 1. The number of carboxylic acids is 1. The number of rotatable bonds is 11. The molecule has 82 heavy (non-hydrogen) atoms. The number of allylic oxidation sites excluding steroid dienone is 2. The molecule has 1 spiro atoms. The Balaban J connectivity index is 1.10. The lowest BCUT2D eigenvalue weighted by atomic mass is 9.26. The van der Waals surface area contributed by atoms with Gasteiger partial charge in [0, 0.05) is 60.7 Å². The number of nitrogens with one attached hydrogen (secondary N) is 4. The lowest BCUT2D eigenvalue weighted by molar-refractivity contribution is -0.352. The van der Waals surface area contributed by atoms with Crippen LogP contribution in [0.5, 0.6) is 0 Å². The second-order valence-electron chi connectivity index (χ2n) is 29.0. The zero-order valence-electron chi connectivity index (χ0n) is 47.9. The monoisotopic (exact) mass is 1140 g/mol. The summed E-state index contributed by atoms with van der Waals surface area (Å²) in [5, 5.41) is 114. The summed E-state index contributed by atoms with van der Waals surface area (Å²) in [6, 6.07) is -0.779. The Hall–Kier alpha value is -3.98. The molecule has 8 fully saturated rings. The quantitative estimate of drug-likeness (QED) is 0.0666. The minimum absolute atomic E-state index is 0.0514. The predicted octanol–water partition coefficient (Wildman–Crippen LogP) is 2.92. The van der Waals surface area contributed by atoms with E-state index in [1.165, 1.54) is 6.33 Å². The van der Waals surface area contributed by atoms with Gasteiger partial charge in [0.05, 0.1) is 60.7 Å². The third-order valence-electron chi connectivity index (χ3n) is 26.0. The Kier molecular flexibility index (Phi) is 14.0. The Labute approximate surface area is 479 Å². The molecule has 11 aliphatic rings. The van der Waals surface area contributed by atoms with Gasteiger partial charge in [-0.05, 0) is 140 Å². The Morgan fingerprint density at radius 2 is 1.68 bits per heavy atom. The first kappa shape index (κ1) is 57.1. The van der Waals surface area contributed by atoms with E-state index in [9.17, 15) is 50.8 Å². The van der Waals surface area contributed by atoms with Gasteiger partial charge in [0.2, 0.25) is 5.91 Å². The molecule has 450 valence electrons. The van der Waals surface area contributed by atoms with Crippen LogP contribution in [0.15, 0.2) is 30.5 Å². The number of anilines is 1. The summed E-state index contributed by atoms with van der Waals surface area (Å²) in [5.41, 5.74) is 2.15. The number of hydrogen-bond acceptors (Lipinski definition) is 16. The topological polar surface area (TPSA) is 342 Å². The normalized spacial score (nSPS) is 49.4. The van der Waals surface area contributed by atoms with Crippen LogP contribution in [-0.2, 0) is 25.5 Å². The second kappa shape index (κ2) is 20.0. The molecule has 26 atom stereocenters. The fourth-order valence-corrected chi connectivity index (χ4v) is 22.3. The van der Waals surface area contributed by atoms with Crippen LogP contribution in [0.4, 0.5) is 5.82 Å². The molecule has 20 nitrogen and oxygen atoms in total. The van der Waals surface area contributed by atoms with Crippen molar-refractivity contribution in [3.63, 3.8) is 0 Å². The van der Waals surface area contributed by atoms with E-state index in [2.05, 4.69) is 64.3 Å². The number of amides is 1. The number of hydrogen-bond donors (Lipinski definition) is 14. The molecule has 0 aromatic carbocycles. The second-order valence-corrected chi connectivity index (χ2v) is 29.0. The van der Waals surface area contributed by atoms with E-state index in [0.717, 1.165) is 37.0 Å². The molecule has 13 rings (SSSR count). The van der Waals surface area contributed by atoms with Crippen LogP contribution in [0.25, 0.3) is 0 Å². The number of nitrogens with zero attached hydrogens (tertiary/aromatic N) is 2. The van der Waals surface area contributed by atoms with E-state index >= 15 is 4.79 Å². The van der Waals surface area contributed by atoms with E-state index in [1.807, 2.05) is 6.92 Å². The molecule has 0 unspecified atom stereocenters. The van der Waals surface area contributed by atoms with E-state index in [-0.39, 0.29) is 55.6 Å². The number of carbonyl (C=O) groups excluding carboxylic acids is 1. The Morgan fingerprint density at radius 3 is 2.39 bits per heavy atom. The summed E-state index contributed by atoms with van der Waals surface area (Å²) in [5.74, 6) is 2.60. The highest BCUT2D eigenvalue weighted by Crippen LogP contribution is 2.82. The van der Waals surface area contributed by atoms with Crippen LogP contribution >= 0.6 is 0 Å². The summed E-state index contributed by atoms with van der Waals surface area (Å²) in [4.78, 5) is 46.4. The van der Waals surface area contributed by atoms with Gasteiger partial charge in [0.15, 0.2) is 6.29 Å². The molecule has 2 saturated heterocycles. The lowest BCUT2D eigenvalue weighted by Crippen LogP contribution is -2.77. The Morgan fingerprint density at radius 1 is 0.902 bits per heavy atom. The van der Waals surface area contributed by atoms with Crippen molar-refractivity contribution in [2.75, 3.05) is 31.7 Å². The molecule has 20 heteroatoms. The van der Waals surface area contributed by atoms with Crippen molar-refractivity contribution in [1.82, 2.24) is 25.3 Å². The predicted molar refractivity (Wildman–Crippen MR) is 296 cm³/mol. The van der Waals surface area contributed by atoms with Crippen LogP contribution in [0.3, 0.4) is 0 Å². The van der Waals surface area contributed by atoms with Crippen molar-refractivity contribution >= 4 is 17.7 Å². The van der Waals surface area contributed by atoms with Gasteiger partial charge < -0.3 is 81.8 Å². The zero-order valence-corrected chi connectivity index (χ0v) is 47.9. The van der Waals surface area contributed by atoms with Gasteiger partial charge in [-0.2, -0.15) is 0 Å². The molecule has 2 aromatic rings. The third kappa shape index (κ3) is 7.62. The van der Waals surface area contributed by atoms with Crippen molar-refractivity contribution in [1.29, 1.82) is 0 Å². The van der Waals surface area contributed by atoms with Crippen LogP contribution in [-0.4, -0.2) is 159 Å². The Bertz CT molecular complexity index is 2870. The largest absolute Gasteiger partial charge is 0.481 e. The first-order chi connectivity index (χ1) is 39.1. The first-order valence-electron chi connectivity index (χ1n) is 31.0. The maximum absolute atomic E-state index is 15.8. The van der Waals surface area contributed by atoms with Gasteiger partial charge in [-0.25, -0.2) is 9.97 Å². The van der Waals surface area contributed by atoms with Gasteiger partial charge in [0.1, 0.15) is 30.4 Å². The number of aromatic nitrogens is 4. The maximum atomic E-state index is 15.8. The molecule has 5 heterocycles. The zero-order chi connectivity index (χ0) is 57.8. The van der Waals surface area contributed by atoms with Crippen LogP contribution < -0.4 is 16.4 Å². The molecule has 0 radical (unpaired) electrons. The van der Waals surface area contributed by atoms with Gasteiger partial charge in [-0.15, -0.1) is 0 Å². The summed E-state index contributed by atoms with van der Waals surface area (Å²) >= 11 is 0. The molecule has 3 aliphatic heterocycles. The number of ether oxygens (including phenoxy) is 2. The average Bonchev–Trinajstić information content (AvgIpc) is 0.961. The van der Waals surface area contributed by atoms with Crippen molar-refractivity contribution in [3.05, 3.63) is 41.9 Å². The van der Waals surface area contributed by atoms with Gasteiger partial charge in [-0.1, -0.05) is 70.4 Å². The van der Waals surface area contributed by atoms with Crippen LogP contribution in [0.2, 0.25) is 0 Å². The number of carboxylic acid groups (broad SMARTS) is 1. The number of aliphatic carboxylic acids is 1. The van der Waals surface area contributed by atoms with E-state index in [1.54, 1.807) is 12.5 Å². The van der Waals surface area contributed by atoms with Crippen molar-refractivity contribution in [2.45, 2.75) is 185 Å². The van der Waals surface area contributed by atoms with Crippen molar-refractivity contribution in [2.24, 2.45) is 103 Å². The molecular weight excluding hydrogens is 1050 g/mol. The van der Waals surface area contributed by atoms with Gasteiger partial charge in [-0.3, -0.25) is 9.59 Å². The van der Waals surface area contributed by atoms with E-state index in [0.29, 0.717) is 75.8 Å². The molecule has 2 aromatic heterocycles. The standard InChI is InChI=1S/C62H89N7O13/c1-56(26-70)16-17-61(55(79)80)37(22-56)33-18-30-11-12-31-10-7-14-60(31)35(46(69-54(60)78)45(40-24-64-28-66-40)41(72)21-44(63)74)19-36-47(75)51(82-53-49(77)48(76)42(73)25-81-53)57(2,27-71)43-13-15-58(3,50(30)62(36,43)32-8-5-6-9-32)59(33,4)34-20-39-52(68-29-67-39)65-23-38(34)61/h18,24,28-32,34-38,41-51,53,65,70-77H,5-10,13-17,19-23,25-27,63H2,1-4H3,(H,64,66)(H,67,68)(H,69,78)(H,79,80)/t30-,31-,34-,35+,36-,37-,38+,41+,42+,43+,44-,45-,46+,47+,48-,49+,50-,51+,53-,56-,57-,58+,59-,60+,61+,62-/m0/s1. The van der Waals surface area contributed by atoms with Crippen LogP contribution in [0, 0.1) is 109 Å². The fourth-order valence-electron chi connectivity index (χ4n) is 22.3. The number of H-pyrrole nitrogens is 2. The third-order valence-corrected chi connectivity index (χ3v) is 26.0. The first-order valence-corrected chi connectivity index (χ1v) is 31.0. The van der Waals surface area contributed by atoms with E-state index in [4.69, 9.17) is 20.2 Å². The average molecular weight is 1140 g/mol. The summed E-state index contributed by atoms with van der Waals surface area (Å²) < 4.78 is 13.0. The fraction of sp³-hybridized carbons (Fsp3) is 0.806. The molecule has 0 bridgehead atoms. The number of aromatic amines is 2.